The van der Waals surface area contributed by atoms with E-state index >= 15 is 0 Å². The van der Waals surface area contributed by atoms with E-state index in [0.29, 0.717) is 5.75 Å². The molecule has 0 spiro atoms. The second-order valence-electron chi connectivity index (χ2n) is 4.01. The van der Waals surface area contributed by atoms with Crippen LogP contribution in [0, 0.1) is 0 Å². The lowest BCUT2D eigenvalue weighted by atomic mass is 10.2. The number of nitrogens with zero attached hydrogens (tertiary/aromatic N) is 2. The van der Waals surface area contributed by atoms with Crippen molar-refractivity contribution in [2.75, 3.05) is 0 Å². The largest absolute Gasteiger partial charge is 0.573 e. The highest BCUT2D eigenvalue weighted by molar-refractivity contribution is 5.27. The Morgan fingerprint density at radius 2 is 1.85 bits per heavy atom. The molecular formula is C13H13F3N2O2. The van der Waals surface area contributed by atoms with Crippen LogP contribution in [0.5, 0.6) is 11.5 Å². The molecule has 108 valence electrons. The maximum absolute atomic E-state index is 12.0. The first-order valence-corrected chi connectivity index (χ1v) is 5.96. The lowest BCUT2D eigenvalue weighted by Gasteiger charge is -2.09. The molecule has 0 radical (unpaired) electrons. The predicted molar refractivity (Wildman–Crippen MR) is 65.4 cm³/mol. The molecule has 0 fully saturated rings. The van der Waals surface area contributed by atoms with Crippen LogP contribution in [0.15, 0.2) is 36.7 Å². The Morgan fingerprint density at radius 3 is 2.40 bits per heavy atom. The zero-order valence-electron chi connectivity index (χ0n) is 10.7. The lowest BCUT2D eigenvalue weighted by molar-refractivity contribution is -0.274. The molecule has 0 atom stereocenters. The minimum Gasteiger partial charge on any atom is -0.486 e. The minimum absolute atomic E-state index is 0.250. The summed E-state index contributed by atoms with van der Waals surface area (Å²) in [5.74, 6) is 0.363. The Morgan fingerprint density at radius 1 is 1.15 bits per heavy atom. The van der Waals surface area contributed by atoms with Crippen molar-refractivity contribution in [3.63, 3.8) is 0 Å². The summed E-state index contributed by atoms with van der Waals surface area (Å²) < 4.78 is 46.9. The molecule has 4 nitrogen and oxygen atoms in total. The summed E-state index contributed by atoms with van der Waals surface area (Å²) in [5.41, 5.74) is 0.740. The summed E-state index contributed by atoms with van der Waals surface area (Å²) in [6, 6.07) is 5.54. The molecule has 0 saturated heterocycles. The van der Waals surface area contributed by atoms with Gasteiger partial charge in [-0.3, -0.25) is 4.68 Å². The summed E-state index contributed by atoms with van der Waals surface area (Å²) in [4.78, 5) is 0. The zero-order chi connectivity index (χ0) is 14.6. The summed E-state index contributed by atoms with van der Waals surface area (Å²) >= 11 is 0. The van der Waals surface area contributed by atoms with Crippen molar-refractivity contribution in [2.24, 2.45) is 0 Å². The number of aryl methyl sites for hydroxylation is 1. The van der Waals surface area contributed by atoms with E-state index in [1.807, 2.05) is 6.92 Å². The molecule has 0 bridgehead atoms. The van der Waals surface area contributed by atoms with Gasteiger partial charge in [-0.1, -0.05) is 12.1 Å². The summed E-state index contributed by atoms with van der Waals surface area (Å²) in [6.07, 6.45) is -1.33. The summed E-state index contributed by atoms with van der Waals surface area (Å²) in [6.45, 7) is 2.95. The van der Waals surface area contributed by atoms with E-state index in [4.69, 9.17) is 4.74 Å². The molecular weight excluding hydrogens is 273 g/mol. The third kappa shape index (κ3) is 4.18. The minimum atomic E-state index is -4.67. The normalized spacial score (nSPS) is 11.4. The van der Waals surface area contributed by atoms with Crippen molar-refractivity contribution < 1.29 is 22.6 Å². The summed E-state index contributed by atoms with van der Waals surface area (Å²) in [5, 5.41) is 4.05. The smallest absolute Gasteiger partial charge is 0.486 e. The Balaban J connectivity index is 1.90. The van der Waals surface area contributed by atoms with E-state index in [-0.39, 0.29) is 12.4 Å². The molecule has 0 aliphatic heterocycles. The van der Waals surface area contributed by atoms with Gasteiger partial charge in [-0.25, -0.2) is 0 Å². The monoisotopic (exact) mass is 286 g/mol. The van der Waals surface area contributed by atoms with Crippen LogP contribution in [0.2, 0.25) is 0 Å². The second-order valence-corrected chi connectivity index (χ2v) is 4.01. The maximum atomic E-state index is 12.0. The fourth-order valence-corrected chi connectivity index (χ4v) is 1.55. The van der Waals surface area contributed by atoms with Gasteiger partial charge in [0.15, 0.2) is 5.75 Å². The van der Waals surface area contributed by atoms with Crippen molar-refractivity contribution in [3.8, 4) is 11.5 Å². The Bertz CT molecular complexity index is 549. The highest BCUT2D eigenvalue weighted by atomic mass is 19.4. The fraction of sp³-hybridized carbons (Fsp3) is 0.308. The van der Waals surface area contributed by atoms with Gasteiger partial charge >= 0.3 is 6.36 Å². The first-order valence-electron chi connectivity index (χ1n) is 5.96. The van der Waals surface area contributed by atoms with Crippen molar-refractivity contribution in [1.29, 1.82) is 0 Å². The van der Waals surface area contributed by atoms with Gasteiger partial charge in [0.1, 0.15) is 12.4 Å². The molecule has 7 heteroatoms. The van der Waals surface area contributed by atoms with Gasteiger partial charge in [0.05, 0.1) is 12.4 Å². The van der Waals surface area contributed by atoms with Gasteiger partial charge in [-0.2, -0.15) is 5.10 Å². The molecule has 1 aromatic heterocycles. The molecule has 0 aliphatic rings. The van der Waals surface area contributed by atoms with Crippen LogP contribution in [0.3, 0.4) is 0 Å². The van der Waals surface area contributed by atoms with Gasteiger partial charge < -0.3 is 9.47 Å². The number of halogens is 3. The first kappa shape index (κ1) is 14.2. The second kappa shape index (κ2) is 5.85. The number of ether oxygens (including phenoxy) is 2. The Kier molecular flexibility index (Phi) is 4.16. The highest BCUT2D eigenvalue weighted by Crippen LogP contribution is 2.23. The molecule has 2 rings (SSSR count). The number of benzene rings is 1. The third-order valence-electron chi connectivity index (χ3n) is 2.50. The third-order valence-corrected chi connectivity index (χ3v) is 2.50. The average molecular weight is 286 g/mol. The maximum Gasteiger partial charge on any atom is 0.573 e. The van der Waals surface area contributed by atoms with E-state index in [2.05, 4.69) is 9.84 Å². The number of hydrogen-bond donors (Lipinski definition) is 0. The molecule has 1 aromatic carbocycles. The van der Waals surface area contributed by atoms with E-state index in [1.54, 1.807) is 17.1 Å². The van der Waals surface area contributed by atoms with Crippen LogP contribution < -0.4 is 9.47 Å². The van der Waals surface area contributed by atoms with Gasteiger partial charge in [-0.05, 0) is 24.6 Å². The molecule has 0 unspecified atom stereocenters. The van der Waals surface area contributed by atoms with Crippen LogP contribution in [-0.4, -0.2) is 16.1 Å². The highest BCUT2D eigenvalue weighted by Gasteiger charge is 2.30. The van der Waals surface area contributed by atoms with Crippen molar-refractivity contribution in [1.82, 2.24) is 9.78 Å². The number of hydrogen-bond acceptors (Lipinski definition) is 3. The zero-order valence-corrected chi connectivity index (χ0v) is 10.7. The van der Waals surface area contributed by atoms with Crippen molar-refractivity contribution in [2.45, 2.75) is 26.4 Å². The number of aromatic nitrogens is 2. The van der Waals surface area contributed by atoms with E-state index in [1.165, 1.54) is 24.3 Å². The van der Waals surface area contributed by atoms with Gasteiger partial charge in [0.25, 0.3) is 0 Å². The molecule has 1 heterocycles. The van der Waals surface area contributed by atoms with Crippen LogP contribution in [0.4, 0.5) is 13.2 Å². The lowest BCUT2D eigenvalue weighted by Crippen LogP contribution is -2.17. The van der Waals surface area contributed by atoms with Crippen molar-refractivity contribution in [3.05, 3.63) is 42.2 Å². The van der Waals surface area contributed by atoms with Gasteiger partial charge in [0.2, 0.25) is 0 Å². The summed E-state index contributed by atoms with van der Waals surface area (Å²) in [7, 11) is 0. The quantitative estimate of drug-likeness (QED) is 0.845. The van der Waals surface area contributed by atoms with Crippen LogP contribution in [-0.2, 0) is 13.2 Å². The SMILES string of the molecule is CCn1cc(OCc2ccc(OC(F)(F)F)cc2)cn1. The molecule has 20 heavy (non-hydrogen) atoms. The molecule has 0 amide bonds. The average Bonchev–Trinajstić information content (AvgIpc) is 2.84. The van der Waals surface area contributed by atoms with Crippen LogP contribution >= 0.6 is 0 Å². The molecule has 0 aliphatic carbocycles. The Labute approximate surface area is 113 Å². The van der Waals surface area contributed by atoms with E-state index < -0.39 is 6.36 Å². The topological polar surface area (TPSA) is 36.3 Å². The van der Waals surface area contributed by atoms with Crippen LogP contribution in [0.25, 0.3) is 0 Å². The molecule has 2 aromatic rings. The van der Waals surface area contributed by atoms with Crippen molar-refractivity contribution >= 4 is 0 Å². The standard InChI is InChI=1S/C13H13F3N2O2/c1-2-18-8-12(7-17-18)19-9-10-3-5-11(6-4-10)20-13(14,15)16/h3-8H,2,9H2,1H3. The Hall–Kier alpha value is -2.18. The van der Waals surface area contributed by atoms with E-state index in [0.717, 1.165) is 12.1 Å². The molecule has 0 saturated carbocycles. The predicted octanol–water partition coefficient (Wildman–Crippen LogP) is 3.38. The van der Waals surface area contributed by atoms with Gasteiger partial charge in [0, 0.05) is 6.54 Å². The first-order chi connectivity index (χ1) is 9.46. The van der Waals surface area contributed by atoms with Gasteiger partial charge in [-0.15, -0.1) is 13.2 Å². The fourth-order valence-electron chi connectivity index (χ4n) is 1.55. The number of alkyl halides is 3. The number of rotatable bonds is 5. The molecule has 0 N–H and O–H groups in total. The van der Waals surface area contributed by atoms with Crippen LogP contribution in [0.1, 0.15) is 12.5 Å². The van der Waals surface area contributed by atoms with E-state index in [9.17, 15) is 13.2 Å².